The second kappa shape index (κ2) is 10.4. The first-order valence-corrected chi connectivity index (χ1v) is 13.8. The summed E-state index contributed by atoms with van der Waals surface area (Å²) < 4.78 is 40.4. The summed E-state index contributed by atoms with van der Waals surface area (Å²) in [4.78, 5) is 20.3. The second-order valence-electron chi connectivity index (χ2n) is 9.32. The molecule has 1 N–H and O–H groups in total. The zero-order chi connectivity index (χ0) is 26.9. The summed E-state index contributed by atoms with van der Waals surface area (Å²) in [6, 6.07) is 12.6. The number of oxazole rings is 1. The summed E-state index contributed by atoms with van der Waals surface area (Å²) in [5.41, 5.74) is 4.30. The molecule has 1 fully saturated rings. The summed E-state index contributed by atoms with van der Waals surface area (Å²) in [5, 5.41) is 3.86. The molecule has 0 unspecified atom stereocenters. The molecule has 2 aromatic carbocycles. The van der Waals surface area contributed by atoms with Crippen molar-refractivity contribution in [1.29, 1.82) is 0 Å². The molecule has 38 heavy (non-hydrogen) atoms. The lowest BCUT2D eigenvalue weighted by molar-refractivity contribution is -0.130. The summed E-state index contributed by atoms with van der Waals surface area (Å²) in [6.45, 7) is 8.38. The Morgan fingerprint density at radius 1 is 1.05 bits per heavy atom. The van der Waals surface area contributed by atoms with Crippen LogP contribution in [0.4, 0.5) is 5.88 Å². The van der Waals surface area contributed by atoms with E-state index in [1.54, 1.807) is 45.2 Å². The van der Waals surface area contributed by atoms with E-state index in [2.05, 4.69) is 19.8 Å². The Morgan fingerprint density at radius 3 is 2.47 bits per heavy atom. The average Bonchev–Trinajstić information content (AvgIpc) is 3.55. The third-order valence-electron chi connectivity index (χ3n) is 6.85. The maximum Gasteiger partial charge on any atom is 0.264 e. The first kappa shape index (κ1) is 25.7. The molecule has 198 valence electrons. The van der Waals surface area contributed by atoms with E-state index in [4.69, 9.17) is 8.94 Å². The molecule has 0 spiro atoms. The van der Waals surface area contributed by atoms with Crippen molar-refractivity contribution < 1.29 is 22.2 Å². The van der Waals surface area contributed by atoms with Crippen LogP contribution in [0.3, 0.4) is 0 Å². The molecule has 1 saturated heterocycles. The molecule has 5 rings (SSSR count). The molecule has 10 nitrogen and oxygen atoms in total. The van der Waals surface area contributed by atoms with Crippen molar-refractivity contribution in [2.24, 2.45) is 0 Å². The van der Waals surface area contributed by atoms with Gasteiger partial charge in [-0.15, -0.1) is 0 Å². The minimum absolute atomic E-state index is 0.0695. The standard InChI is InChI=1S/C27H29N5O5S/c1-18-19(2)29-37-26(18)30-38(34,35)25-7-5-4-6-24(25)23-9-8-21(27-28-10-15-36-27)16-22(23)17-31-11-13-32(14-12-31)20(3)33/h4-10,15-16,30H,11-14,17H2,1-3H3. The number of amides is 1. The van der Waals surface area contributed by atoms with Crippen molar-refractivity contribution in [2.75, 3.05) is 30.9 Å². The fourth-order valence-corrected chi connectivity index (χ4v) is 5.83. The molecule has 1 aliphatic rings. The lowest BCUT2D eigenvalue weighted by Crippen LogP contribution is -2.47. The van der Waals surface area contributed by atoms with Crippen LogP contribution in [0.25, 0.3) is 22.6 Å². The molecule has 0 atom stereocenters. The van der Waals surface area contributed by atoms with E-state index in [1.807, 2.05) is 29.2 Å². The smallest absolute Gasteiger partial charge is 0.264 e. The molecule has 2 aromatic heterocycles. The van der Waals surface area contributed by atoms with Gasteiger partial charge in [0.15, 0.2) is 0 Å². The van der Waals surface area contributed by atoms with Crippen LogP contribution in [0.2, 0.25) is 0 Å². The van der Waals surface area contributed by atoms with Crippen molar-refractivity contribution in [1.82, 2.24) is 19.9 Å². The highest BCUT2D eigenvalue weighted by molar-refractivity contribution is 7.92. The van der Waals surface area contributed by atoms with Gasteiger partial charge in [0.05, 0.1) is 16.8 Å². The zero-order valence-corrected chi connectivity index (χ0v) is 22.3. The Balaban J connectivity index is 1.53. The van der Waals surface area contributed by atoms with Gasteiger partial charge in [-0.3, -0.25) is 9.69 Å². The van der Waals surface area contributed by atoms with E-state index in [1.165, 1.54) is 6.26 Å². The summed E-state index contributed by atoms with van der Waals surface area (Å²) in [5.74, 6) is 0.651. The van der Waals surface area contributed by atoms with Gasteiger partial charge in [-0.25, -0.2) is 18.1 Å². The lowest BCUT2D eigenvalue weighted by atomic mass is 9.96. The summed E-state index contributed by atoms with van der Waals surface area (Å²) >= 11 is 0. The molecule has 0 radical (unpaired) electrons. The minimum Gasteiger partial charge on any atom is -0.445 e. The molecule has 4 aromatic rings. The molecule has 3 heterocycles. The van der Waals surface area contributed by atoms with E-state index in [0.717, 1.165) is 16.7 Å². The number of carbonyl (C=O) groups is 1. The number of anilines is 1. The molecule has 0 aliphatic carbocycles. The highest BCUT2D eigenvalue weighted by Crippen LogP contribution is 2.35. The number of piperazine rings is 1. The maximum atomic E-state index is 13.5. The number of carbonyl (C=O) groups excluding carboxylic acids is 1. The molecule has 11 heteroatoms. The first-order chi connectivity index (χ1) is 18.2. The van der Waals surface area contributed by atoms with Crippen LogP contribution < -0.4 is 4.72 Å². The number of hydrogen-bond donors (Lipinski definition) is 1. The maximum absolute atomic E-state index is 13.5. The Kier molecular flexibility index (Phi) is 7.04. The van der Waals surface area contributed by atoms with E-state index in [0.29, 0.717) is 55.4 Å². The number of rotatable bonds is 7. The van der Waals surface area contributed by atoms with Crippen LogP contribution in [-0.2, 0) is 21.4 Å². The Labute approximate surface area is 221 Å². The van der Waals surface area contributed by atoms with Gasteiger partial charge in [0, 0.05) is 56.3 Å². The van der Waals surface area contributed by atoms with Gasteiger partial charge >= 0.3 is 0 Å². The molecule has 1 amide bonds. The van der Waals surface area contributed by atoms with Gasteiger partial charge in [-0.1, -0.05) is 29.4 Å². The van der Waals surface area contributed by atoms with Crippen LogP contribution in [0.15, 0.2) is 68.8 Å². The van der Waals surface area contributed by atoms with Gasteiger partial charge in [0.25, 0.3) is 10.0 Å². The predicted octanol–water partition coefficient (Wildman–Crippen LogP) is 4.08. The quantitative estimate of drug-likeness (QED) is 0.376. The van der Waals surface area contributed by atoms with Gasteiger partial charge in [-0.2, -0.15) is 0 Å². The van der Waals surface area contributed by atoms with Crippen LogP contribution in [0.1, 0.15) is 23.7 Å². The number of nitrogens with one attached hydrogen (secondary N) is 1. The Bertz CT molecular complexity index is 1550. The normalized spacial score (nSPS) is 14.6. The number of sulfonamides is 1. The fourth-order valence-electron chi connectivity index (χ4n) is 4.56. The van der Waals surface area contributed by atoms with Crippen molar-refractivity contribution in [3.63, 3.8) is 0 Å². The van der Waals surface area contributed by atoms with Crippen molar-refractivity contribution in [3.05, 3.63) is 71.7 Å². The SMILES string of the molecule is CC(=O)N1CCN(Cc2cc(-c3ncco3)ccc2-c2ccccc2S(=O)(=O)Nc2onc(C)c2C)CC1. The number of nitrogens with zero attached hydrogens (tertiary/aromatic N) is 4. The zero-order valence-electron chi connectivity index (χ0n) is 21.5. The van der Waals surface area contributed by atoms with Gasteiger partial charge < -0.3 is 13.8 Å². The van der Waals surface area contributed by atoms with Gasteiger partial charge in [-0.05, 0) is 43.2 Å². The minimum atomic E-state index is -3.99. The van der Waals surface area contributed by atoms with Crippen molar-refractivity contribution in [2.45, 2.75) is 32.2 Å². The van der Waals surface area contributed by atoms with Gasteiger partial charge in [0.2, 0.25) is 17.7 Å². The van der Waals surface area contributed by atoms with Crippen LogP contribution in [0.5, 0.6) is 0 Å². The van der Waals surface area contributed by atoms with E-state index in [9.17, 15) is 13.2 Å². The largest absolute Gasteiger partial charge is 0.445 e. The number of benzene rings is 2. The molecule has 0 saturated carbocycles. The van der Waals surface area contributed by atoms with E-state index >= 15 is 0 Å². The van der Waals surface area contributed by atoms with E-state index < -0.39 is 10.0 Å². The number of aromatic nitrogens is 2. The summed E-state index contributed by atoms with van der Waals surface area (Å²) in [7, 11) is -3.99. The first-order valence-electron chi connectivity index (χ1n) is 12.3. The second-order valence-corrected chi connectivity index (χ2v) is 11.0. The van der Waals surface area contributed by atoms with Gasteiger partial charge in [0.1, 0.15) is 6.26 Å². The van der Waals surface area contributed by atoms with E-state index in [-0.39, 0.29) is 16.7 Å². The van der Waals surface area contributed by atoms with Crippen molar-refractivity contribution >= 4 is 21.8 Å². The van der Waals surface area contributed by atoms with Crippen LogP contribution in [0, 0.1) is 13.8 Å². The molecular formula is C27H29N5O5S. The third kappa shape index (κ3) is 5.20. The topological polar surface area (TPSA) is 122 Å². The number of hydrogen-bond acceptors (Lipinski definition) is 8. The highest BCUT2D eigenvalue weighted by atomic mass is 32.2. The Hall–Kier alpha value is -3.96. The van der Waals surface area contributed by atoms with Crippen LogP contribution >= 0.6 is 0 Å². The third-order valence-corrected chi connectivity index (χ3v) is 8.24. The lowest BCUT2D eigenvalue weighted by Gasteiger charge is -2.34. The van der Waals surface area contributed by atoms with Crippen LogP contribution in [-0.4, -0.2) is 60.4 Å². The number of aryl methyl sites for hydroxylation is 1. The molecule has 0 bridgehead atoms. The monoisotopic (exact) mass is 535 g/mol. The Morgan fingerprint density at radius 2 is 1.82 bits per heavy atom. The highest BCUT2D eigenvalue weighted by Gasteiger charge is 2.25. The molecular weight excluding hydrogens is 506 g/mol. The fraction of sp³-hybridized carbons (Fsp3) is 0.296. The summed E-state index contributed by atoms with van der Waals surface area (Å²) in [6.07, 6.45) is 3.11. The molecule has 1 aliphatic heterocycles. The predicted molar refractivity (Wildman–Crippen MR) is 142 cm³/mol. The van der Waals surface area contributed by atoms with Crippen molar-refractivity contribution in [3.8, 4) is 22.6 Å². The average molecular weight is 536 g/mol.